The van der Waals surface area contributed by atoms with Crippen molar-refractivity contribution in [3.05, 3.63) is 78.5 Å². The van der Waals surface area contributed by atoms with Gasteiger partial charge < -0.3 is 10.2 Å². The number of likely N-dealkylation sites (tertiary alicyclic amines) is 1. The molecule has 7 heteroatoms. The molecule has 1 fully saturated rings. The zero-order valence-electron chi connectivity index (χ0n) is 17.1. The van der Waals surface area contributed by atoms with Gasteiger partial charge in [0.2, 0.25) is 5.91 Å². The van der Waals surface area contributed by atoms with Gasteiger partial charge in [0.15, 0.2) is 0 Å². The number of amides is 2. The SMILES string of the molecule is C=CC(=O)Nc1ccc(C(=O)N2CCC[C@@H](Cc3ncc4cc(F)ccc4n3)C2)cc1. The zero-order chi connectivity index (χ0) is 21.8. The second-order valence-corrected chi connectivity index (χ2v) is 7.72. The summed E-state index contributed by atoms with van der Waals surface area (Å²) in [4.78, 5) is 35.1. The number of hydrogen-bond acceptors (Lipinski definition) is 4. The number of hydrogen-bond donors (Lipinski definition) is 1. The quantitative estimate of drug-likeness (QED) is 0.636. The third-order valence-corrected chi connectivity index (χ3v) is 5.45. The van der Waals surface area contributed by atoms with Crippen molar-refractivity contribution in [1.82, 2.24) is 14.9 Å². The third kappa shape index (κ3) is 4.94. The molecule has 2 amide bonds. The highest BCUT2D eigenvalue weighted by Gasteiger charge is 2.25. The molecule has 3 aromatic rings. The van der Waals surface area contributed by atoms with Crippen molar-refractivity contribution in [3.8, 4) is 0 Å². The lowest BCUT2D eigenvalue weighted by Crippen LogP contribution is -2.40. The molecule has 0 aliphatic carbocycles. The Balaban J connectivity index is 1.41. The minimum Gasteiger partial charge on any atom is -0.338 e. The molecule has 31 heavy (non-hydrogen) atoms. The minimum atomic E-state index is -0.304. The maximum atomic E-state index is 13.3. The van der Waals surface area contributed by atoms with E-state index in [9.17, 15) is 14.0 Å². The van der Waals surface area contributed by atoms with Crippen LogP contribution in [0.2, 0.25) is 0 Å². The Morgan fingerprint density at radius 2 is 2.03 bits per heavy atom. The first-order chi connectivity index (χ1) is 15.0. The van der Waals surface area contributed by atoms with Gasteiger partial charge in [-0.2, -0.15) is 0 Å². The van der Waals surface area contributed by atoms with Crippen molar-refractivity contribution in [2.24, 2.45) is 5.92 Å². The highest BCUT2D eigenvalue weighted by molar-refractivity contribution is 5.99. The Bertz CT molecular complexity index is 1130. The number of aromatic nitrogens is 2. The lowest BCUT2D eigenvalue weighted by atomic mass is 9.94. The number of fused-ring (bicyclic) bond motifs is 1. The van der Waals surface area contributed by atoms with Crippen LogP contribution in [-0.4, -0.2) is 39.8 Å². The molecule has 158 valence electrons. The van der Waals surface area contributed by atoms with Gasteiger partial charge in [-0.15, -0.1) is 0 Å². The fraction of sp³-hybridized carbons (Fsp3) is 0.250. The Morgan fingerprint density at radius 3 is 2.81 bits per heavy atom. The van der Waals surface area contributed by atoms with E-state index in [1.165, 1.54) is 18.2 Å². The number of anilines is 1. The van der Waals surface area contributed by atoms with Crippen molar-refractivity contribution in [3.63, 3.8) is 0 Å². The van der Waals surface area contributed by atoms with Gasteiger partial charge in [0, 0.05) is 42.3 Å². The van der Waals surface area contributed by atoms with E-state index in [0.717, 1.165) is 18.4 Å². The van der Waals surface area contributed by atoms with Gasteiger partial charge in [-0.1, -0.05) is 6.58 Å². The molecule has 0 saturated carbocycles. The molecule has 1 N–H and O–H groups in total. The van der Waals surface area contributed by atoms with Gasteiger partial charge in [0.25, 0.3) is 5.91 Å². The minimum absolute atomic E-state index is 0.0267. The van der Waals surface area contributed by atoms with E-state index in [-0.39, 0.29) is 23.5 Å². The lowest BCUT2D eigenvalue weighted by Gasteiger charge is -2.32. The number of carbonyl (C=O) groups is 2. The van der Waals surface area contributed by atoms with Crippen LogP contribution in [0.15, 0.2) is 61.3 Å². The summed E-state index contributed by atoms with van der Waals surface area (Å²) < 4.78 is 13.3. The van der Waals surface area contributed by atoms with Crippen molar-refractivity contribution in [1.29, 1.82) is 0 Å². The number of rotatable bonds is 5. The topological polar surface area (TPSA) is 75.2 Å². The van der Waals surface area contributed by atoms with Crippen molar-refractivity contribution < 1.29 is 14.0 Å². The van der Waals surface area contributed by atoms with E-state index in [2.05, 4.69) is 21.9 Å². The molecule has 0 spiro atoms. The van der Waals surface area contributed by atoms with E-state index in [1.54, 1.807) is 36.5 Å². The molecule has 2 heterocycles. The molecule has 1 aliphatic rings. The second kappa shape index (κ2) is 9.04. The molecule has 0 bridgehead atoms. The Kier molecular flexibility index (Phi) is 6.02. The Morgan fingerprint density at radius 1 is 1.23 bits per heavy atom. The van der Waals surface area contributed by atoms with Gasteiger partial charge in [0.05, 0.1) is 5.52 Å². The van der Waals surface area contributed by atoms with Crippen LogP contribution in [0.5, 0.6) is 0 Å². The summed E-state index contributed by atoms with van der Waals surface area (Å²) in [5.41, 5.74) is 1.92. The van der Waals surface area contributed by atoms with Crippen LogP contribution in [-0.2, 0) is 11.2 Å². The van der Waals surface area contributed by atoms with E-state index >= 15 is 0 Å². The Labute approximate surface area is 179 Å². The van der Waals surface area contributed by atoms with Gasteiger partial charge in [-0.05, 0) is 67.3 Å². The number of piperidine rings is 1. The average Bonchev–Trinajstić information content (AvgIpc) is 2.79. The van der Waals surface area contributed by atoms with Gasteiger partial charge in [-0.25, -0.2) is 14.4 Å². The highest BCUT2D eigenvalue weighted by Crippen LogP contribution is 2.23. The molecule has 0 unspecified atom stereocenters. The Hall–Kier alpha value is -3.61. The summed E-state index contributed by atoms with van der Waals surface area (Å²) in [7, 11) is 0. The molecule has 1 aromatic heterocycles. The van der Waals surface area contributed by atoms with E-state index in [4.69, 9.17) is 0 Å². The first kappa shape index (κ1) is 20.7. The van der Waals surface area contributed by atoms with Crippen LogP contribution in [0.4, 0.5) is 10.1 Å². The van der Waals surface area contributed by atoms with Gasteiger partial charge in [-0.3, -0.25) is 9.59 Å². The van der Waals surface area contributed by atoms with E-state index in [0.29, 0.717) is 42.0 Å². The smallest absolute Gasteiger partial charge is 0.253 e. The molecule has 2 aromatic carbocycles. The monoisotopic (exact) mass is 418 g/mol. The summed E-state index contributed by atoms with van der Waals surface area (Å²) in [5.74, 6) is 0.351. The number of nitrogens with one attached hydrogen (secondary N) is 1. The third-order valence-electron chi connectivity index (χ3n) is 5.45. The second-order valence-electron chi connectivity index (χ2n) is 7.72. The predicted octanol–water partition coefficient (Wildman–Crippen LogP) is 3.99. The fourth-order valence-electron chi connectivity index (χ4n) is 3.89. The van der Waals surface area contributed by atoms with Crippen LogP contribution < -0.4 is 5.32 Å². The summed E-state index contributed by atoms with van der Waals surface area (Å²) in [5, 5.41) is 3.35. The molecule has 1 saturated heterocycles. The van der Waals surface area contributed by atoms with Gasteiger partial charge in [0.1, 0.15) is 11.6 Å². The summed E-state index contributed by atoms with van der Waals surface area (Å²) >= 11 is 0. The number of nitrogens with zero attached hydrogens (tertiary/aromatic N) is 3. The van der Waals surface area contributed by atoms with Crippen LogP contribution >= 0.6 is 0 Å². The van der Waals surface area contributed by atoms with Crippen molar-refractivity contribution >= 4 is 28.4 Å². The molecule has 4 rings (SSSR count). The maximum Gasteiger partial charge on any atom is 0.253 e. The first-order valence-electron chi connectivity index (χ1n) is 10.3. The highest BCUT2D eigenvalue weighted by atomic mass is 19.1. The van der Waals surface area contributed by atoms with Crippen molar-refractivity contribution in [2.45, 2.75) is 19.3 Å². The number of benzene rings is 2. The number of halogens is 1. The summed E-state index contributed by atoms with van der Waals surface area (Å²) in [6, 6.07) is 11.3. The average molecular weight is 418 g/mol. The molecule has 6 nitrogen and oxygen atoms in total. The molecule has 1 atom stereocenters. The standard InChI is InChI=1S/C24H23FN4O2/c1-2-23(30)27-20-8-5-17(6-9-20)24(31)29-11-3-4-16(15-29)12-22-26-14-18-13-19(25)7-10-21(18)28-22/h2,5-10,13-14,16H,1,3-4,11-12,15H2,(H,27,30)/t16-/m0/s1. The van der Waals surface area contributed by atoms with Crippen LogP contribution in [0.1, 0.15) is 29.0 Å². The van der Waals surface area contributed by atoms with Crippen LogP contribution in [0.25, 0.3) is 10.9 Å². The van der Waals surface area contributed by atoms with Crippen molar-refractivity contribution in [2.75, 3.05) is 18.4 Å². The molecular formula is C24H23FN4O2. The molecular weight excluding hydrogens is 395 g/mol. The first-order valence-corrected chi connectivity index (χ1v) is 10.3. The molecule has 1 aliphatic heterocycles. The fourth-order valence-corrected chi connectivity index (χ4v) is 3.89. The summed E-state index contributed by atoms with van der Waals surface area (Å²) in [6.45, 7) is 4.77. The zero-order valence-corrected chi connectivity index (χ0v) is 17.1. The predicted molar refractivity (Wildman–Crippen MR) is 117 cm³/mol. The largest absolute Gasteiger partial charge is 0.338 e. The molecule has 0 radical (unpaired) electrons. The number of carbonyl (C=O) groups excluding carboxylic acids is 2. The summed E-state index contributed by atoms with van der Waals surface area (Å²) in [6.07, 6.45) is 5.44. The van der Waals surface area contributed by atoms with Crippen LogP contribution in [0, 0.1) is 11.7 Å². The normalized spacial score (nSPS) is 16.2. The van der Waals surface area contributed by atoms with Crippen LogP contribution in [0.3, 0.4) is 0 Å². The van der Waals surface area contributed by atoms with Gasteiger partial charge >= 0.3 is 0 Å². The van der Waals surface area contributed by atoms with E-state index < -0.39 is 0 Å². The van der Waals surface area contributed by atoms with E-state index in [1.807, 2.05) is 4.90 Å². The maximum absolute atomic E-state index is 13.3. The lowest BCUT2D eigenvalue weighted by molar-refractivity contribution is -0.111.